The van der Waals surface area contributed by atoms with Crippen molar-refractivity contribution in [1.82, 2.24) is 30.4 Å². The number of nitrogens with one attached hydrogen (secondary N) is 1. The largest absolute Gasteiger partial charge is 0.534 e. The third kappa shape index (κ3) is 12.1. The first-order valence-electron chi connectivity index (χ1n) is 16.3. The normalized spacial score (nSPS) is 12.9. The number of aromatic nitrogens is 4. The van der Waals surface area contributed by atoms with E-state index >= 15 is 0 Å². The predicted molar refractivity (Wildman–Crippen MR) is 178 cm³/mol. The maximum Gasteiger partial charge on any atom is 0.534 e. The lowest BCUT2D eigenvalue weighted by atomic mass is 10.1. The fraction of sp³-hybridized carbons (Fsp3) is 0.441. The number of rotatable bonds is 16. The zero-order chi connectivity index (χ0) is 37.0. The molecule has 4 rings (SSSR count). The van der Waals surface area contributed by atoms with Gasteiger partial charge in [0.1, 0.15) is 19.0 Å². The van der Waals surface area contributed by atoms with Gasteiger partial charge >= 0.3 is 12.2 Å². The zero-order valence-electron chi connectivity index (χ0n) is 29.1. The fourth-order valence-corrected chi connectivity index (χ4v) is 4.43. The second-order valence-electron chi connectivity index (χ2n) is 12.2. The number of nitrogens with zero attached hydrogens (tertiary/aromatic N) is 6. The topological polar surface area (TPSA) is 202 Å². The zero-order valence-corrected chi connectivity index (χ0v) is 29.1. The molecular weight excluding hydrogens is 666 g/mol. The molecule has 4 amide bonds. The Balaban J connectivity index is 1.24. The fourth-order valence-electron chi connectivity index (χ4n) is 4.43. The summed E-state index contributed by atoms with van der Waals surface area (Å²) in [7, 11) is 0. The van der Waals surface area contributed by atoms with E-state index < -0.39 is 29.7 Å². The van der Waals surface area contributed by atoms with Gasteiger partial charge in [-0.25, -0.2) is 9.59 Å². The van der Waals surface area contributed by atoms with Gasteiger partial charge < -0.3 is 29.2 Å². The van der Waals surface area contributed by atoms with Crippen LogP contribution < -0.4 is 10.1 Å². The maximum atomic E-state index is 12.9. The average molecular weight is 708 g/mol. The molecule has 0 radical (unpaired) electrons. The Morgan fingerprint density at radius 3 is 2.31 bits per heavy atom. The second kappa shape index (κ2) is 17.9. The van der Waals surface area contributed by atoms with E-state index in [2.05, 4.69) is 30.5 Å². The third-order valence-corrected chi connectivity index (χ3v) is 7.30. The lowest BCUT2D eigenvalue weighted by Gasteiger charge is -2.25. The number of ether oxygens (including phenoxy) is 4. The summed E-state index contributed by atoms with van der Waals surface area (Å²) in [5.41, 5.74) is 1.09. The van der Waals surface area contributed by atoms with Crippen LogP contribution in [-0.2, 0) is 46.6 Å². The minimum Gasteiger partial charge on any atom is -0.428 e. The second-order valence-corrected chi connectivity index (χ2v) is 12.2. The Kier molecular flexibility index (Phi) is 13.4. The summed E-state index contributed by atoms with van der Waals surface area (Å²) >= 11 is 0. The molecule has 2 aromatic carbocycles. The molecule has 17 nitrogen and oxygen atoms in total. The van der Waals surface area contributed by atoms with Crippen molar-refractivity contribution in [3.05, 3.63) is 59.9 Å². The Morgan fingerprint density at radius 2 is 1.67 bits per heavy atom. The van der Waals surface area contributed by atoms with Crippen LogP contribution in [0.5, 0.6) is 5.75 Å². The van der Waals surface area contributed by atoms with E-state index in [0.29, 0.717) is 34.9 Å². The molecule has 1 aliphatic heterocycles. The van der Waals surface area contributed by atoms with Crippen LogP contribution in [0.2, 0.25) is 0 Å². The van der Waals surface area contributed by atoms with Crippen molar-refractivity contribution in [3.8, 4) is 17.1 Å². The molecular formula is C34H41N7O10. The lowest BCUT2D eigenvalue weighted by Crippen LogP contribution is -2.33. The van der Waals surface area contributed by atoms with E-state index in [9.17, 15) is 24.0 Å². The summed E-state index contributed by atoms with van der Waals surface area (Å²) in [6.45, 7) is 9.93. The Bertz CT molecular complexity index is 1670. The van der Waals surface area contributed by atoms with Gasteiger partial charge in [0.2, 0.25) is 11.7 Å². The van der Waals surface area contributed by atoms with Crippen LogP contribution in [-0.4, -0.2) is 91.8 Å². The van der Waals surface area contributed by atoms with Crippen LogP contribution in [0.15, 0.2) is 48.5 Å². The number of imide groups is 1. The Hall–Kier alpha value is -5.55. The van der Waals surface area contributed by atoms with Crippen LogP contribution in [0.4, 0.5) is 15.3 Å². The lowest BCUT2D eigenvalue weighted by molar-refractivity contribution is -0.177. The molecule has 1 fully saturated rings. The van der Waals surface area contributed by atoms with Gasteiger partial charge in [-0.05, 0) is 70.9 Å². The number of hydrogen-bond donors (Lipinski definition) is 1. The van der Waals surface area contributed by atoms with Crippen molar-refractivity contribution < 1.29 is 47.8 Å². The van der Waals surface area contributed by atoms with Gasteiger partial charge in [0.05, 0.1) is 18.2 Å². The molecule has 1 N–H and O–H groups in total. The summed E-state index contributed by atoms with van der Waals surface area (Å²) < 4.78 is 21.8. The summed E-state index contributed by atoms with van der Waals surface area (Å²) in [4.78, 5) is 66.4. The molecule has 272 valence electrons. The van der Waals surface area contributed by atoms with E-state index in [1.165, 1.54) is 17.0 Å². The van der Waals surface area contributed by atoms with E-state index in [-0.39, 0.29) is 68.6 Å². The minimum absolute atomic E-state index is 0.0261. The molecule has 3 aromatic rings. The van der Waals surface area contributed by atoms with Gasteiger partial charge in [-0.15, -0.1) is 20.4 Å². The van der Waals surface area contributed by atoms with Gasteiger partial charge in [-0.3, -0.25) is 19.2 Å². The molecule has 17 heteroatoms. The van der Waals surface area contributed by atoms with Crippen molar-refractivity contribution >= 4 is 35.7 Å². The molecule has 0 spiro atoms. The highest BCUT2D eigenvalue weighted by atomic mass is 16.8. The van der Waals surface area contributed by atoms with Crippen molar-refractivity contribution in [3.63, 3.8) is 0 Å². The highest BCUT2D eigenvalue weighted by Gasteiger charge is 2.33. The maximum absolute atomic E-state index is 12.9. The molecule has 51 heavy (non-hydrogen) atoms. The summed E-state index contributed by atoms with van der Waals surface area (Å²) in [5.74, 6) is -0.921. The van der Waals surface area contributed by atoms with Gasteiger partial charge in [0, 0.05) is 37.2 Å². The third-order valence-electron chi connectivity index (χ3n) is 7.30. The number of hydrogen-bond acceptors (Lipinski definition) is 14. The predicted octanol–water partition coefficient (Wildman–Crippen LogP) is 4.22. The SMILES string of the molecule is CCN(Cc1nnc(-c2cccc(NC(=O)COC(C)(C)CCOC(C)C)c2)nn1)C(=O)Oc1ccc(COC(=O)ON2C(=O)CCC2=O)cc1. The monoisotopic (exact) mass is 707 g/mol. The van der Waals surface area contributed by atoms with E-state index in [1.54, 1.807) is 43.3 Å². The first kappa shape index (κ1) is 38.3. The highest BCUT2D eigenvalue weighted by molar-refractivity contribution is 6.01. The van der Waals surface area contributed by atoms with Gasteiger partial charge in [-0.2, -0.15) is 0 Å². The highest BCUT2D eigenvalue weighted by Crippen LogP contribution is 2.20. The molecule has 0 bridgehead atoms. The molecule has 1 aromatic heterocycles. The smallest absolute Gasteiger partial charge is 0.428 e. The summed E-state index contributed by atoms with van der Waals surface area (Å²) in [6.07, 6.45) is -1.16. The number of carbonyl (C=O) groups is 5. The standard InChI is InChI=1S/C34H41N7O10/c1-6-40(32(45)50-26-12-10-23(11-13-26)20-48-33(46)51-41-29(43)14-15-30(41)44)19-27-36-38-31(39-37-27)24-8-7-9-25(18-24)35-28(42)21-49-34(4,5)16-17-47-22(2)3/h7-13,18,22H,6,14-17,19-21H2,1-5H3,(H,35,42). The summed E-state index contributed by atoms with van der Waals surface area (Å²) in [5, 5.41) is 19.7. The summed E-state index contributed by atoms with van der Waals surface area (Å²) in [6, 6.07) is 13.0. The van der Waals surface area contributed by atoms with Crippen LogP contribution in [0.1, 0.15) is 65.3 Å². The van der Waals surface area contributed by atoms with Gasteiger partial charge in [0.25, 0.3) is 11.8 Å². The first-order chi connectivity index (χ1) is 24.3. The molecule has 0 saturated carbocycles. The number of benzene rings is 2. The molecule has 0 atom stereocenters. The van der Waals surface area contributed by atoms with Crippen molar-refractivity contribution in [2.45, 2.75) is 78.7 Å². The minimum atomic E-state index is -1.20. The molecule has 1 saturated heterocycles. The first-order valence-corrected chi connectivity index (χ1v) is 16.3. The van der Waals surface area contributed by atoms with Crippen LogP contribution in [0, 0.1) is 0 Å². The van der Waals surface area contributed by atoms with Crippen LogP contribution >= 0.6 is 0 Å². The van der Waals surface area contributed by atoms with Crippen LogP contribution in [0.3, 0.4) is 0 Å². The van der Waals surface area contributed by atoms with Gasteiger partial charge in [-0.1, -0.05) is 29.3 Å². The molecule has 1 aliphatic rings. The van der Waals surface area contributed by atoms with E-state index in [1.807, 2.05) is 27.7 Å². The number of hydroxylamine groups is 2. The number of carbonyl (C=O) groups excluding carboxylic acids is 5. The Labute approximate surface area is 294 Å². The molecule has 0 unspecified atom stereocenters. The van der Waals surface area contributed by atoms with Crippen molar-refractivity contribution in [2.24, 2.45) is 0 Å². The van der Waals surface area contributed by atoms with E-state index in [4.69, 9.17) is 18.9 Å². The quantitative estimate of drug-likeness (QED) is 0.164. The number of anilines is 1. The number of amides is 4. The average Bonchev–Trinajstić information content (AvgIpc) is 3.41. The van der Waals surface area contributed by atoms with Crippen LogP contribution in [0.25, 0.3) is 11.4 Å². The van der Waals surface area contributed by atoms with Crippen molar-refractivity contribution in [2.75, 3.05) is 25.1 Å². The molecule has 0 aliphatic carbocycles. The van der Waals surface area contributed by atoms with Crippen molar-refractivity contribution in [1.29, 1.82) is 0 Å². The van der Waals surface area contributed by atoms with E-state index in [0.717, 1.165) is 0 Å². The Morgan fingerprint density at radius 1 is 0.980 bits per heavy atom. The molecule has 2 heterocycles. The van der Waals surface area contributed by atoms with Gasteiger partial charge in [0.15, 0.2) is 5.82 Å².